The van der Waals surface area contributed by atoms with Crippen molar-refractivity contribution in [3.8, 4) is 0 Å². The molecule has 1 amide bonds. The Kier molecular flexibility index (Phi) is 8.70. The smallest absolute Gasteiger partial charge is 0.217 e. The number of rotatable bonds is 9. The van der Waals surface area contributed by atoms with E-state index in [1.165, 1.54) is 32.1 Å². The monoisotopic (exact) mass is 199 g/mol. The minimum absolute atomic E-state index is 0.161. The number of hydrogen-bond acceptors (Lipinski definition) is 1. The van der Waals surface area contributed by atoms with E-state index in [9.17, 15) is 4.79 Å². The Hall–Kier alpha value is -0.530. The summed E-state index contributed by atoms with van der Waals surface area (Å²) in [6.45, 7) is 4.49. The first kappa shape index (κ1) is 13.5. The second kappa shape index (κ2) is 9.04. The van der Waals surface area contributed by atoms with E-state index < -0.39 is 0 Å². The molecule has 2 nitrogen and oxygen atoms in total. The van der Waals surface area contributed by atoms with Gasteiger partial charge in [-0.15, -0.1) is 0 Å². The van der Waals surface area contributed by atoms with Crippen LogP contribution in [0.2, 0.25) is 0 Å². The maximum absolute atomic E-state index is 10.5. The first-order valence-electron chi connectivity index (χ1n) is 5.99. The maximum Gasteiger partial charge on any atom is 0.217 e. The average molecular weight is 199 g/mol. The highest BCUT2D eigenvalue weighted by Gasteiger charge is 2.05. The Bertz CT molecular complexity index is 145. The molecule has 84 valence electrons. The zero-order chi connectivity index (χ0) is 10.8. The van der Waals surface area contributed by atoms with Gasteiger partial charge < -0.3 is 5.73 Å². The molecule has 1 atom stereocenters. The Balaban J connectivity index is 3.37. The highest BCUT2D eigenvalue weighted by Crippen LogP contribution is 2.19. The molecule has 2 N–H and O–H groups in total. The summed E-state index contributed by atoms with van der Waals surface area (Å²) in [5.74, 6) is 0.703. The van der Waals surface area contributed by atoms with Crippen LogP contribution < -0.4 is 5.73 Å². The van der Waals surface area contributed by atoms with E-state index in [0.717, 1.165) is 18.8 Å². The topological polar surface area (TPSA) is 43.1 Å². The van der Waals surface area contributed by atoms with Crippen molar-refractivity contribution in [2.24, 2.45) is 11.7 Å². The highest BCUT2D eigenvalue weighted by molar-refractivity contribution is 5.73. The summed E-state index contributed by atoms with van der Waals surface area (Å²) >= 11 is 0. The third-order valence-electron chi connectivity index (χ3n) is 2.83. The average Bonchev–Trinajstić information content (AvgIpc) is 2.16. The number of unbranched alkanes of at least 4 members (excludes halogenated alkanes) is 2. The molecule has 0 aliphatic heterocycles. The Labute approximate surface area is 88.3 Å². The van der Waals surface area contributed by atoms with Gasteiger partial charge in [0.05, 0.1) is 0 Å². The number of carbonyl (C=O) groups excluding carboxylic acids is 1. The molecule has 1 unspecified atom stereocenters. The van der Waals surface area contributed by atoms with Crippen molar-refractivity contribution in [2.75, 3.05) is 0 Å². The van der Waals surface area contributed by atoms with Gasteiger partial charge in [-0.05, 0) is 12.3 Å². The summed E-state index contributed by atoms with van der Waals surface area (Å²) < 4.78 is 0. The molecule has 0 rings (SSSR count). The predicted octanol–water partition coefficient (Wildman–Crippen LogP) is 3.25. The summed E-state index contributed by atoms with van der Waals surface area (Å²) in [4.78, 5) is 10.5. The van der Waals surface area contributed by atoms with E-state index in [1.54, 1.807) is 0 Å². The fraction of sp³-hybridized carbons (Fsp3) is 0.917. The summed E-state index contributed by atoms with van der Waals surface area (Å²) in [6.07, 6.45) is 9.21. The van der Waals surface area contributed by atoms with Gasteiger partial charge in [-0.1, -0.05) is 52.4 Å². The minimum Gasteiger partial charge on any atom is -0.370 e. The number of hydrogen-bond donors (Lipinski definition) is 1. The molecule has 0 spiro atoms. The maximum atomic E-state index is 10.5. The standard InChI is InChI=1S/C12H25NO/c1-3-5-8-11(4-2)9-6-7-10-12(13)14/h11H,3-10H2,1-2H3,(H2,13,14). The highest BCUT2D eigenvalue weighted by atomic mass is 16.1. The van der Waals surface area contributed by atoms with Gasteiger partial charge in [0, 0.05) is 6.42 Å². The van der Waals surface area contributed by atoms with E-state index in [2.05, 4.69) is 13.8 Å². The molecule has 0 heterocycles. The van der Waals surface area contributed by atoms with Gasteiger partial charge in [-0.3, -0.25) is 4.79 Å². The molecule has 0 aliphatic carbocycles. The first-order valence-corrected chi connectivity index (χ1v) is 5.99. The molecule has 0 fully saturated rings. The molecular formula is C12H25NO. The van der Waals surface area contributed by atoms with Crippen LogP contribution in [-0.2, 0) is 4.79 Å². The molecule has 2 heteroatoms. The lowest BCUT2D eigenvalue weighted by molar-refractivity contribution is -0.118. The van der Waals surface area contributed by atoms with Crippen molar-refractivity contribution in [2.45, 2.75) is 65.2 Å². The molecule has 0 bridgehead atoms. The van der Waals surface area contributed by atoms with Crippen LogP contribution in [0.3, 0.4) is 0 Å². The fourth-order valence-electron chi connectivity index (χ4n) is 1.78. The van der Waals surface area contributed by atoms with Gasteiger partial charge in [0.15, 0.2) is 0 Å². The fourth-order valence-corrected chi connectivity index (χ4v) is 1.78. The molecule has 0 saturated heterocycles. The lowest BCUT2D eigenvalue weighted by Crippen LogP contribution is -2.10. The van der Waals surface area contributed by atoms with Crippen LogP contribution in [0.5, 0.6) is 0 Å². The molecule has 0 aromatic rings. The molecule has 0 radical (unpaired) electrons. The van der Waals surface area contributed by atoms with Crippen molar-refractivity contribution in [3.05, 3.63) is 0 Å². The second-order valence-electron chi connectivity index (χ2n) is 4.13. The number of carbonyl (C=O) groups is 1. The van der Waals surface area contributed by atoms with Crippen LogP contribution in [0.15, 0.2) is 0 Å². The van der Waals surface area contributed by atoms with E-state index in [1.807, 2.05) is 0 Å². The van der Waals surface area contributed by atoms with Crippen LogP contribution in [0.25, 0.3) is 0 Å². The third kappa shape index (κ3) is 8.09. The van der Waals surface area contributed by atoms with Gasteiger partial charge in [-0.25, -0.2) is 0 Å². The lowest BCUT2D eigenvalue weighted by atomic mass is 9.93. The molecule has 0 saturated carbocycles. The van der Waals surface area contributed by atoms with Crippen LogP contribution >= 0.6 is 0 Å². The van der Waals surface area contributed by atoms with Crippen molar-refractivity contribution in [3.63, 3.8) is 0 Å². The van der Waals surface area contributed by atoms with Crippen LogP contribution in [0, 0.1) is 5.92 Å². The summed E-state index contributed by atoms with van der Waals surface area (Å²) in [7, 11) is 0. The zero-order valence-electron chi connectivity index (χ0n) is 9.72. The number of primary amides is 1. The largest absolute Gasteiger partial charge is 0.370 e. The second-order valence-corrected chi connectivity index (χ2v) is 4.13. The van der Waals surface area contributed by atoms with Gasteiger partial charge in [-0.2, -0.15) is 0 Å². The molecule has 0 aromatic heterocycles. The molecule has 14 heavy (non-hydrogen) atoms. The molecular weight excluding hydrogens is 174 g/mol. The van der Waals surface area contributed by atoms with Crippen molar-refractivity contribution >= 4 is 5.91 Å². The van der Waals surface area contributed by atoms with Crippen LogP contribution in [-0.4, -0.2) is 5.91 Å². The predicted molar refractivity (Wildman–Crippen MR) is 61.0 cm³/mol. The van der Waals surface area contributed by atoms with Gasteiger partial charge in [0.2, 0.25) is 5.91 Å². The third-order valence-corrected chi connectivity index (χ3v) is 2.83. The van der Waals surface area contributed by atoms with E-state index >= 15 is 0 Å². The first-order chi connectivity index (χ1) is 6.70. The van der Waals surface area contributed by atoms with Crippen LogP contribution in [0.1, 0.15) is 65.2 Å². The van der Waals surface area contributed by atoms with Crippen molar-refractivity contribution in [1.82, 2.24) is 0 Å². The van der Waals surface area contributed by atoms with Gasteiger partial charge >= 0.3 is 0 Å². The van der Waals surface area contributed by atoms with Gasteiger partial charge in [0.25, 0.3) is 0 Å². The van der Waals surface area contributed by atoms with E-state index in [-0.39, 0.29) is 5.91 Å². The minimum atomic E-state index is -0.161. The SMILES string of the molecule is CCCCC(CC)CCCCC(N)=O. The quantitative estimate of drug-likeness (QED) is 0.569. The van der Waals surface area contributed by atoms with E-state index in [4.69, 9.17) is 5.73 Å². The van der Waals surface area contributed by atoms with Crippen LogP contribution in [0.4, 0.5) is 0 Å². The lowest BCUT2D eigenvalue weighted by Gasteiger charge is -2.13. The Morgan fingerprint density at radius 1 is 1.14 bits per heavy atom. The number of amides is 1. The summed E-state index contributed by atoms with van der Waals surface area (Å²) in [6, 6.07) is 0. The van der Waals surface area contributed by atoms with Crippen molar-refractivity contribution < 1.29 is 4.79 Å². The normalized spacial score (nSPS) is 12.7. The van der Waals surface area contributed by atoms with Crippen molar-refractivity contribution in [1.29, 1.82) is 0 Å². The van der Waals surface area contributed by atoms with E-state index in [0.29, 0.717) is 6.42 Å². The molecule has 0 aromatic carbocycles. The summed E-state index contributed by atoms with van der Waals surface area (Å²) in [5.41, 5.74) is 5.08. The Morgan fingerprint density at radius 3 is 2.29 bits per heavy atom. The number of nitrogens with two attached hydrogens (primary N) is 1. The zero-order valence-corrected chi connectivity index (χ0v) is 9.72. The Morgan fingerprint density at radius 2 is 1.79 bits per heavy atom. The van der Waals surface area contributed by atoms with Gasteiger partial charge in [0.1, 0.15) is 0 Å². The molecule has 0 aliphatic rings. The summed E-state index contributed by atoms with van der Waals surface area (Å²) in [5, 5.41) is 0.